The summed E-state index contributed by atoms with van der Waals surface area (Å²) in [5.41, 5.74) is 5.67. The van der Waals surface area contributed by atoms with Gasteiger partial charge in [0.2, 0.25) is 5.09 Å². The first-order valence-electron chi connectivity index (χ1n) is 6.76. The van der Waals surface area contributed by atoms with Crippen LogP contribution in [0.25, 0.3) is 0 Å². The first-order chi connectivity index (χ1) is 9.85. The van der Waals surface area contributed by atoms with Crippen LogP contribution in [0.5, 0.6) is 0 Å². The van der Waals surface area contributed by atoms with Crippen molar-refractivity contribution in [2.75, 3.05) is 13.7 Å². The molecule has 9 heteroatoms. The Hall–Kier alpha value is -1.09. The SMILES string of the molecule is CCCCC(CN)NS(=O)(=O)c1cc(C(=O)OC)c(C)o1.Cl. The Morgan fingerprint density at radius 3 is 2.64 bits per heavy atom. The number of halogens is 1. The number of unbranched alkanes of at least 4 members (excludes halogenated alkanes) is 1. The number of rotatable bonds is 8. The lowest BCUT2D eigenvalue weighted by Gasteiger charge is -2.15. The number of nitrogens with one attached hydrogen (secondary N) is 1. The lowest BCUT2D eigenvalue weighted by molar-refractivity contribution is 0.0599. The predicted molar refractivity (Wildman–Crippen MR) is 84.7 cm³/mol. The monoisotopic (exact) mass is 354 g/mol. The molecule has 0 aliphatic rings. The third-order valence-corrected chi connectivity index (χ3v) is 4.45. The molecule has 1 aromatic heterocycles. The lowest BCUT2D eigenvalue weighted by Crippen LogP contribution is -2.39. The number of hydrogen-bond acceptors (Lipinski definition) is 6. The van der Waals surface area contributed by atoms with Crippen LogP contribution in [-0.2, 0) is 14.8 Å². The maximum atomic E-state index is 12.2. The van der Waals surface area contributed by atoms with E-state index in [1.165, 1.54) is 14.0 Å². The number of sulfonamides is 1. The van der Waals surface area contributed by atoms with E-state index in [0.29, 0.717) is 6.42 Å². The van der Waals surface area contributed by atoms with Crippen LogP contribution in [0.1, 0.15) is 42.3 Å². The first-order valence-corrected chi connectivity index (χ1v) is 8.25. The van der Waals surface area contributed by atoms with E-state index in [4.69, 9.17) is 10.2 Å². The number of furan rings is 1. The minimum Gasteiger partial charge on any atom is -0.465 e. The predicted octanol–water partition coefficient (Wildman–Crippen LogP) is 1.59. The summed E-state index contributed by atoms with van der Waals surface area (Å²) in [4.78, 5) is 11.5. The molecule has 0 saturated carbocycles. The Morgan fingerprint density at radius 2 is 2.14 bits per heavy atom. The molecule has 0 amide bonds. The summed E-state index contributed by atoms with van der Waals surface area (Å²) in [7, 11) is -2.63. The highest BCUT2D eigenvalue weighted by molar-refractivity contribution is 7.89. The van der Waals surface area contributed by atoms with E-state index in [0.717, 1.165) is 18.9 Å². The van der Waals surface area contributed by atoms with Crippen molar-refractivity contribution >= 4 is 28.4 Å². The molecule has 0 spiro atoms. The van der Waals surface area contributed by atoms with Crippen molar-refractivity contribution in [2.24, 2.45) is 5.73 Å². The fraction of sp³-hybridized carbons (Fsp3) is 0.615. The second-order valence-electron chi connectivity index (χ2n) is 4.72. The van der Waals surface area contributed by atoms with Gasteiger partial charge in [-0.15, -0.1) is 12.4 Å². The largest absolute Gasteiger partial charge is 0.465 e. The fourth-order valence-electron chi connectivity index (χ4n) is 1.85. The maximum absolute atomic E-state index is 12.2. The summed E-state index contributed by atoms with van der Waals surface area (Å²) in [6, 6.07) is 0.804. The van der Waals surface area contributed by atoms with Crippen molar-refractivity contribution in [2.45, 2.75) is 44.2 Å². The van der Waals surface area contributed by atoms with Gasteiger partial charge in [0.1, 0.15) is 11.3 Å². The van der Waals surface area contributed by atoms with Crippen molar-refractivity contribution in [1.82, 2.24) is 4.72 Å². The number of esters is 1. The number of aryl methyl sites for hydroxylation is 1. The normalized spacial score (nSPS) is 12.5. The number of methoxy groups -OCH3 is 1. The molecule has 0 saturated heterocycles. The van der Waals surface area contributed by atoms with Gasteiger partial charge < -0.3 is 14.9 Å². The Labute approximate surface area is 137 Å². The standard InChI is InChI=1S/C13H22N2O5S.ClH/c1-4-5-6-10(8-14)15-21(17,18)12-7-11(9(2)20-12)13(16)19-3;/h7,10,15H,4-6,8,14H2,1-3H3;1H. The zero-order valence-corrected chi connectivity index (χ0v) is 14.6. The molecule has 1 atom stereocenters. The highest BCUT2D eigenvalue weighted by atomic mass is 35.5. The molecule has 7 nitrogen and oxygen atoms in total. The van der Waals surface area contributed by atoms with Crippen molar-refractivity contribution < 1.29 is 22.4 Å². The molecule has 1 unspecified atom stereocenters. The van der Waals surface area contributed by atoms with Gasteiger partial charge in [-0.3, -0.25) is 0 Å². The fourth-order valence-corrected chi connectivity index (χ4v) is 3.13. The average molecular weight is 355 g/mol. The van der Waals surface area contributed by atoms with Crippen molar-refractivity contribution in [3.8, 4) is 0 Å². The van der Waals surface area contributed by atoms with Gasteiger partial charge in [-0.2, -0.15) is 0 Å². The number of carbonyl (C=O) groups is 1. The summed E-state index contributed by atoms with van der Waals surface area (Å²) in [6.07, 6.45) is 2.47. The zero-order chi connectivity index (χ0) is 16.0. The van der Waals surface area contributed by atoms with Crippen molar-refractivity contribution in [1.29, 1.82) is 0 Å². The Balaban J connectivity index is 0.00000441. The van der Waals surface area contributed by atoms with Crippen molar-refractivity contribution in [3.05, 3.63) is 17.4 Å². The van der Waals surface area contributed by atoms with E-state index in [1.54, 1.807) is 0 Å². The zero-order valence-electron chi connectivity index (χ0n) is 12.9. The number of nitrogens with two attached hydrogens (primary N) is 1. The molecule has 0 aromatic carbocycles. The molecule has 3 N–H and O–H groups in total. The maximum Gasteiger partial charge on any atom is 0.341 e. The molecule has 0 bridgehead atoms. The highest BCUT2D eigenvalue weighted by Gasteiger charge is 2.26. The van der Waals surface area contributed by atoms with Gasteiger partial charge >= 0.3 is 5.97 Å². The topological polar surface area (TPSA) is 112 Å². The number of ether oxygens (including phenoxy) is 1. The molecule has 0 aliphatic heterocycles. The molecule has 0 fully saturated rings. The Morgan fingerprint density at radius 1 is 1.50 bits per heavy atom. The first kappa shape index (κ1) is 20.9. The van der Waals surface area contributed by atoms with Gasteiger partial charge in [0.05, 0.1) is 7.11 Å². The van der Waals surface area contributed by atoms with E-state index >= 15 is 0 Å². The summed E-state index contributed by atoms with van der Waals surface area (Å²) in [5, 5.41) is -0.310. The van der Waals surface area contributed by atoms with Crippen LogP contribution in [0.15, 0.2) is 15.6 Å². The Bertz CT molecular complexity index is 585. The molecule has 128 valence electrons. The minimum absolute atomic E-state index is 0. The smallest absolute Gasteiger partial charge is 0.341 e. The van der Waals surface area contributed by atoms with Crippen LogP contribution in [0.3, 0.4) is 0 Å². The van der Waals surface area contributed by atoms with E-state index in [1.807, 2.05) is 6.92 Å². The quantitative estimate of drug-likeness (QED) is 0.686. The average Bonchev–Trinajstić information content (AvgIpc) is 2.85. The minimum atomic E-state index is -3.85. The molecule has 1 aromatic rings. The van der Waals surface area contributed by atoms with Crippen molar-refractivity contribution in [3.63, 3.8) is 0 Å². The van der Waals surface area contributed by atoms with Crippen LogP contribution in [0.4, 0.5) is 0 Å². The van der Waals surface area contributed by atoms with E-state index in [2.05, 4.69) is 9.46 Å². The van der Waals surface area contributed by atoms with Crippen LogP contribution >= 0.6 is 12.4 Å². The molecule has 0 radical (unpaired) electrons. The van der Waals surface area contributed by atoms with E-state index < -0.39 is 16.0 Å². The van der Waals surface area contributed by atoms with Crippen LogP contribution in [-0.4, -0.2) is 34.1 Å². The van der Waals surface area contributed by atoms with E-state index in [-0.39, 0.29) is 41.4 Å². The summed E-state index contributed by atoms with van der Waals surface area (Å²) >= 11 is 0. The molecule has 0 aliphatic carbocycles. The van der Waals surface area contributed by atoms with Gasteiger partial charge in [-0.1, -0.05) is 19.8 Å². The van der Waals surface area contributed by atoms with Gasteiger partial charge in [0.15, 0.2) is 0 Å². The second kappa shape index (κ2) is 9.14. The van der Waals surface area contributed by atoms with Gasteiger partial charge in [-0.05, 0) is 13.3 Å². The molecular weight excluding hydrogens is 332 g/mol. The van der Waals surface area contributed by atoms with Gasteiger partial charge in [-0.25, -0.2) is 17.9 Å². The number of carbonyl (C=O) groups excluding carboxylic acids is 1. The molecule has 1 heterocycles. The number of hydrogen-bond donors (Lipinski definition) is 2. The van der Waals surface area contributed by atoms with Crippen LogP contribution in [0, 0.1) is 6.92 Å². The van der Waals surface area contributed by atoms with Crippen LogP contribution < -0.4 is 10.5 Å². The summed E-state index contributed by atoms with van der Waals surface area (Å²) < 4.78 is 36.7. The second-order valence-corrected chi connectivity index (χ2v) is 6.37. The highest BCUT2D eigenvalue weighted by Crippen LogP contribution is 2.20. The third kappa shape index (κ3) is 5.28. The Kier molecular flexibility index (Phi) is 8.69. The third-order valence-electron chi connectivity index (χ3n) is 3.08. The molecule has 1 rings (SSSR count). The lowest BCUT2D eigenvalue weighted by atomic mass is 10.1. The van der Waals surface area contributed by atoms with E-state index in [9.17, 15) is 13.2 Å². The molecular formula is C13H23ClN2O5S. The summed E-state index contributed by atoms with van der Waals surface area (Å²) in [5.74, 6) is -0.445. The summed E-state index contributed by atoms with van der Waals surface area (Å²) in [6.45, 7) is 3.71. The van der Waals surface area contributed by atoms with Gasteiger partial charge in [0, 0.05) is 18.7 Å². The van der Waals surface area contributed by atoms with Crippen LogP contribution in [0.2, 0.25) is 0 Å². The van der Waals surface area contributed by atoms with Gasteiger partial charge in [0.25, 0.3) is 10.0 Å². The molecule has 22 heavy (non-hydrogen) atoms.